The van der Waals surface area contributed by atoms with Crippen molar-refractivity contribution in [3.63, 3.8) is 0 Å². The van der Waals surface area contributed by atoms with Gasteiger partial charge < -0.3 is 20.1 Å². The van der Waals surface area contributed by atoms with Crippen LogP contribution in [0.3, 0.4) is 0 Å². The van der Waals surface area contributed by atoms with Crippen molar-refractivity contribution in [2.45, 2.75) is 87.6 Å². The number of nitrogens with zero attached hydrogens (tertiary/aromatic N) is 1. The fourth-order valence-electron chi connectivity index (χ4n) is 6.07. The lowest BCUT2D eigenvalue weighted by atomic mass is 9.85. The van der Waals surface area contributed by atoms with E-state index in [-0.39, 0.29) is 30.2 Å². The van der Waals surface area contributed by atoms with Gasteiger partial charge in [-0.1, -0.05) is 60.7 Å². The largest absolute Gasteiger partial charge is 0.389 e. The first-order valence-electron chi connectivity index (χ1n) is 16.2. The number of fused-ring (bicyclic) bond motifs is 1. The molecule has 1 fully saturated rings. The van der Waals surface area contributed by atoms with Gasteiger partial charge in [0.2, 0.25) is 21.8 Å². The van der Waals surface area contributed by atoms with Crippen molar-refractivity contribution in [1.29, 1.82) is 0 Å². The van der Waals surface area contributed by atoms with Crippen molar-refractivity contribution in [3.05, 3.63) is 78.4 Å². The lowest BCUT2D eigenvalue weighted by molar-refractivity contribution is -0.144. The third-order valence-corrected chi connectivity index (χ3v) is 10.5. The van der Waals surface area contributed by atoms with E-state index in [2.05, 4.69) is 10.0 Å². The van der Waals surface area contributed by atoms with Crippen molar-refractivity contribution < 1.29 is 27.9 Å². The standard InChI is InChI=1S/C36H49N3O6S2/c1-36(2,3)39(35(42)27-15-18-29(45-4)19-16-27)23-33(40)31(21-25-11-7-6-8-12-25)37-34(41)32(38-47(5,43)44)24-46-30-20-17-26-13-9-10-14-28(26)22-30/h6-14,17,20,22,27,29,31-33,38,40H,15-16,18-19,21,23-24H2,1-5H3,(H,37,41)/t27?,29?,31?,32-,33?/m1/s1. The number of aliphatic hydroxyl groups is 1. The highest BCUT2D eigenvalue weighted by molar-refractivity contribution is 7.99. The van der Waals surface area contributed by atoms with E-state index < -0.39 is 39.7 Å². The van der Waals surface area contributed by atoms with Crippen molar-refractivity contribution >= 4 is 44.4 Å². The summed E-state index contributed by atoms with van der Waals surface area (Å²) in [6.07, 6.45) is 3.42. The van der Waals surface area contributed by atoms with Gasteiger partial charge in [0.25, 0.3) is 0 Å². The minimum atomic E-state index is -3.74. The molecule has 0 radical (unpaired) electrons. The Kier molecular flexibility index (Phi) is 12.9. The number of benzene rings is 3. The van der Waals surface area contributed by atoms with Crippen LogP contribution in [0, 0.1) is 5.92 Å². The molecule has 47 heavy (non-hydrogen) atoms. The van der Waals surface area contributed by atoms with Gasteiger partial charge in [-0.3, -0.25) is 9.59 Å². The lowest BCUT2D eigenvalue weighted by Gasteiger charge is -2.41. The molecule has 3 aromatic carbocycles. The summed E-state index contributed by atoms with van der Waals surface area (Å²) in [6.45, 7) is 5.85. The van der Waals surface area contributed by atoms with E-state index in [0.29, 0.717) is 6.42 Å². The zero-order valence-corrected chi connectivity index (χ0v) is 29.6. The molecule has 11 heteroatoms. The molecule has 9 nitrogen and oxygen atoms in total. The summed E-state index contributed by atoms with van der Waals surface area (Å²) in [7, 11) is -2.04. The molecule has 0 spiro atoms. The number of aliphatic hydroxyl groups excluding tert-OH is 1. The zero-order chi connectivity index (χ0) is 34.2. The van der Waals surface area contributed by atoms with Gasteiger partial charge in [0.1, 0.15) is 6.04 Å². The molecule has 2 unspecified atom stereocenters. The van der Waals surface area contributed by atoms with Crippen LogP contribution in [-0.2, 0) is 30.8 Å². The van der Waals surface area contributed by atoms with Crippen LogP contribution in [-0.4, -0.2) is 85.7 Å². The first-order chi connectivity index (χ1) is 22.2. The van der Waals surface area contributed by atoms with E-state index in [1.54, 1.807) is 12.0 Å². The molecule has 0 heterocycles. The maximum Gasteiger partial charge on any atom is 0.239 e. The topological polar surface area (TPSA) is 125 Å². The van der Waals surface area contributed by atoms with E-state index in [4.69, 9.17) is 4.74 Å². The third kappa shape index (κ3) is 11.0. The Morgan fingerprint density at radius 3 is 2.23 bits per heavy atom. The van der Waals surface area contributed by atoms with E-state index in [9.17, 15) is 23.1 Å². The number of thioether (sulfide) groups is 1. The number of ether oxygens (including phenoxy) is 1. The fraction of sp³-hybridized carbons (Fsp3) is 0.500. The molecule has 0 aliphatic heterocycles. The van der Waals surface area contributed by atoms with Crippen LogP contribution in [0.25, 0.3) is 10.8 Å². The number of carbonyl (C=O) groups is 2. The number of β-amino-alcohol motifs (C(OH)–C–C–N with tert-alkyl or cyclic N) is 1. The Labute approximate surface area is 283 Å². The van der Waals surface area contributed by atoms with Gasteiger partial charge in [0.05, 0.1) is 24.5 Å². The zero-order valence-electron chi connectivity index (χ0n) is 28.0. The fourth-order valence-corrected chi connectivity index (χ4v) is 7.85. The molecule has 0 bridgehead atoms. The Morgan fingerprint density at radius 2 is 1.62 bits per heavy atom. The van der Waals surface area contributed by atoms with Crippen LogP contribution in [0.1, 0.15) is 52.0 Å². The van der Waals surface area contributed by atoms with E-state index in [0.717, 1.165) is 53.2 Å². The molecule has 1 aliphatic rings. The highest BCUT2D eigenvalue weighted by Crippen LogP contribution is 2.30. The maximum absolute atomic E-state index is 13.9. The smallest absolute Gasteiger partial charge is 0.239 e. The first kappa shape index (κ1) is 36.9. The molecule has 0 aromatic heterocycles. The molecule has 2 amide bonds. The second kappa shape index (κ2) is 16.4. The van der Waals surface area contributed by atoms with Gasteiger partial charge >= 0.3 is 0 Å². The molecule has 3 atom stereocenters. The molecule has 1 aliphatic carbocycles. The van der Waals surface area contributed by atoms with Gasteiger partial charge in [0, 0.05) is 35.8 Å². The summed E-state index contributed by atoms with van der Waals surface area (Å²) in [5, 5.41) is 16.8. The predicted octanol–water partition coefficient (Wildman–Crippen LogP) is 4.77. The summed E-state index contributed by atoms with van der Waals surface area (Å²) in [4.78, 5) is 30.3. The van der Waals surface area contributed by atoms with Crippen LogP contribution in [0.4, 0.5) is 0 Å². The summed E-state index contributed by atoms with van der Waals surface area (Å²) in [6, 6.07) is 21.5. The second-order valence-electron chi connectivity index (χ2n) is 13.5. The number of methoxy groups -OCH3 is 1. The maximum atomic E-state index is 13.9. The van der Waals surface area contributed by atoms with E-state index in [1.807, 2.05) is 93.6 Å². The quantitative estimate of drug-likeness (QED) is 0.209. The Balaban J connectivity index is 1.53. The third-order valence-electron chi connectivity index (χ3n) is 8.70. The molecule has 1 saturated carbocycles. The molecule has 3 N–H and O–H groups in total. The molecule has 256 valence electrons. The van der Waals surface area contributed by atoms with Crippen molar-refractivity contribution in [2.75, 3.05) is 25.7 Å². The van der Waals surface area contributed by atoms with Crippen LogP contribution in [0.15, 0.2) is 77.7 Å². The number of carbonyl (C=O) groups excluding carboxylic acids is 2. The lowest BCUT2D eigenvalue weighted by Crippen LogP contribution is -2.58. The summed E-state index contributed by atoms with van der Waals surface area (Å²) >= 11 is 1.38. The van der Waals surface area contributed by atoms with E-state index in [1.165, 1.54) is 11.8 Å². The van der Waals surface area contributed by atoms with Crippen LogP contribution >= 0.6 is 11.8 Å². The van der Waals surface area contributed by atoms with Crippen molar-refractivity contribution in [1.82, 2.24) is 14.9 Å². The minimum Gasteiger partial charge on any atom is -0.389 e. The van der Waals surface area contributed by atoms with Gasteiger partial charge in [0.15, 0.2) is 0 Å². The predicted molar refractivity (Wildman–Crippen MR) is 189 cm³/mol. The highest BCUT2D eigenvalue weighted by Gasteiger charge is 2.37. The first-order valence-corrected chi connectivity index (χ1v) is 19.1. The van der Waals surface area contributed by atoms with Gasteiger partial charge in [-0.25, -0.2) is 13.1 Å². The number of amides is 2. The molecule has 0 saturated heterocycles. The van der Waals surface area contributed by atoms with Crippen molar-refractivity contribution in [2.24, 2.45) is 5.92 Å². The van der Waals surface area contributed by atoms with Crippen LogP contribution in [0.5, 0.6) is 0 Å². The number of sulfonamides is 1. The van der Waals surface area contributed by atoms with Gasteiger partial charge in [-0.05, 0) is 81.3 Å². The Bertz CT molecular complexity index is 1590. The Hall–Kier alpha value is -2.96. The molecular formula is C36H49N3O6S2. The number of rotatable bonds is 14. The number of hydrogen-bond donors (Lipinski definition) is 3. The van der Waals surface area contributed by atoms with Gasteiger partial charge in [-0.15, -0.1) is 11.8 Å². The molecule has 3 aromatic rings. The number of hydrogen-bond acceptors (Lipinski definition) is 7. The molecule has 4 rings (SSSR count). The Morgan fingerprint density at radius 1 is 0.979 bits per heavy atom. The van der Waals surface area contributed by atoms with Crippen LogP contribution in [0.2, 0.25) is 0 Å². The van der Waals surface area contributed by atoms with E-state index >= 15 is 0 Å². The normalized spacial score (nSPS) is 19.1. The number of nitrogens with one attached hydrogen (secondary N) is 2. The summed E-state index contributed by atoms with van der Waals surface area (Å²) < 4.78 is 32.7. The highest BCUT2D eigenvalue weighted by atomic mass is 32.2. The van der Waals surface area contributed by atoms with Gasteiger partial charge in [-0.2, -0.15) is 0 Å². The van der Waals surface area contributed by atoms with Crippen LogP contribution < -0.4 is 10.0 Å². The minimum absolute atomic E-state index is 0.0142. The second-order valence-corrected chi connectivity index (χ2v) is 16.3. The average molecular weight is 684 g/mol. The monoisotopic (exact) mass is 683 g/mol. The van der Waals surface area contributed by atoms with Crippen molar-refractivity contribution in [3.8, 4) is 0 Å². The summed E-state index contributed by atoms with van der Waals surface area (Å²) in [5.41, 5.74) is 0.315. The summed E-state index contributed by atoms with van der Waals surface area (Å²) in [5.74, 6) is -0.581. The molecular weight excluding hydrogens is 635 g/mol. The SMILES string of the molecule is COC1CCC(C(=O)N(CC(O)C(Cc2ccccc2)NC(=O)[C@@H](CSc2ccc3ccccc3c2)NS(C)(=O)=O)C(C)(C)C)CC1. The average Bonchev–Trinajstić information content (AvgIpc) is 3.04.